The molecule has 2 atom stereocenters. The van der Waals surface area contributed by atoms with Crippen molar-refractivity contribution in [2.45, 2.75) is 32.1 Å². The average molecular weight is 187 g/mol. The van der Waals surface area contributed by atoms with Crippen LogP contribution in [0.4, 0.5) is 0 Å². The number of hydrogen-bond donors (Lipinski definition) is 0. The van der Waals surface area contributed by atoms with E-state index < -0.39 is 10.7 Å². The Morgan fingerprint density at radius 2 is 2.33 bits per heavy atom. The van der Waals surface area contributed by atoms with Crippen LogP contribution in [-0.4, -0.2) is 11.0 Å². The second kappa shape index (κ2) is 2.56. The summed E-state index contributed by atoms with van der Waals surface area (Å²) in [5.74, 6) is 0.527. The molecule has 2 fully saturated rings. The van der Waals surface area contributed by atoms with Crippen LogP contribution >= 0.6 is 11.6 Å². The van der Waals surface area contributed by atoms with E-state index in [0.717, 1.165) is 12.8 Å². The zero-order valence-electron chi connectivity index (χ0n) is 6.81. The molecule has 2 aliphatic carbocycles. The van der Waals surface area contributed by atoms with E-state index in [1.807, 2.05) is 0 Å². The maximum absolute atomic E-state index is 11.5. The lowest BCUT2D eigenvalue weighted by molar-refractivity contribution is -0.134. The zero-order chi connectivity index (χ0) is 8.77. The molecule has 0 aromatic heterocycles. The van der Waals surface area contributed by atoms with Crippen LogP contribution in [0.3, 0.4) is 0 Å². The molecule has 0 radical (unpaired) electrons. The molecular weight excluding hydrogens is 176 g/mol. The van der Waals surface area contributed by atoms with Crippen LogP contribution in [0.1, 0.15) is 32.1 Å². The van der Waals surface area contributed by atoms with Crippen molar-refractivity contribution in [3.8, 4) is 0 Å². The van der Waals surface area contributed by atoms with Crippen molar-refractivity contribution in [2.24, 2.45) is 11.3 Å². The highest BCUT2D eigenvalue weighted by Crippen LogP contribution is 2.50. The Hall–Kier alpha value is -0.370. The third kappa shape index (κ3) is 0.939. The fourth-order valence-corrected chi connectivity index (χ4v) is 2.84. The molecule has 2 bridgehead atoms. The van der Waals surface area contributed by atoms with E-state index in [0.29, 0.717) is 25.2 Å². The summed E-state index contributed by atoms with van der Waals surface area (Å²) >= 11 is 5.48. The molecule has 0 spiro atoms. The second-order valence-electron chi connectivity index (χ2n) is 3.95. The summed E-state index contributed by atoms with van der Waals surface area (Å²) in [7, 11) is 0. The Balaban J connectivity index is 2.34. The first kappa shape index (κ1) is 8.24. The summed E-state index contributed by atoms with van der Waals surface area (Å²) in [5.41, 5.74) is -0.759. The van der Waals surface area contributed by atoms with E-state index in [-0.39, 0.29) is 5.78 Å². The maximum atomic E-state index is 11.5. The summed E-state index contributed by atoms with van der Waals surface area (Å²) in [4.78, 5) is 22.6. The molecule has 0 amide bonds. The van der Waals surface area contributed by atoms with Gasteiger partial charge in [0.25, 0.3) is 0 Å². The van der Waals surface area contributed by atoms with Gasteiger partial charge in [0.2, 0.25) is 5.24 Å². The Bertz CT molecular complexity index is 249. The molecule has 3 heteroatoms. The molecule has 66 valence electrons. The molecule has 2 saturated carbocycles. The van der Waals surface area contributed by atoms with Crippen molar-refractivity contribution in [3.63, 3.8) is 0 Å². The lowest BCUT2D eigenvalue weighted by Gasteiger charge is -2.27. The summed E-state index contributed by atoms with van der Waals surface area (Å²) in [6, 6.07) is 0. The van der Waals surface area contributed by atoms with E-state index in [4.69, 9.17) is 11.6 Å². The van der Waals surface area contributed by atoms with Crippen LogP contribution in [0.15, 0.2) is 0 Å². The standard InChI is InChI=1S/C9H11ClO2/c10-8(12)9-3-1-2-6(5-9)4-7(9)11/h6H,1-5H2. The molecule has 0 aliphatic heterocycles. The second-order valence-corrected chi connectivity index (χ2v) is 4.29. The number of Topliss-reactive ketones (excluding diaryl/α,β-unsaturated/α-hetero) is 1. The third-order valence-corrected chi connectivity index (χ3v) is 3.60. The van der Waals surface area contributed by atoms with Gasteiger partial charge >= 0.3 is 0 Å². The highest BCUT2D eigenvalue weighted by molar-refractivity contribution is 6.66. The van der Waals surface area contributed by atoms with E-state index in [1.54, 1.807) is 0 Å². The highest BCUT2D eigenvalue weighted by Gasteiger charge is 2.53. The van der Waals surface area contributed by atoms with Crippen LogP contribution < -0.4 is 0 Å². The molecule has 0 N–H and O–H groups in total. The normalized spacial score (nSPS) is 40.1. The number of fused-ring (bicyclic) bond motifs is 2. The van der Waals surface area contributed by atoms with E-state index in [2.05, 4.69) is 0 Å². The van der Waals surface area contributed by atoms with Crippen LogP contribution in [0.5, 0.6) is 0 Å². The number of carbonyl (C=O) groups is 2. The summed E-state index contributed by atoms with van der Waals surface area (Å²) in [6.07, 6.45) is 4.06. The summed E-state index contributed by atoms with van der Waals surface area (Å²) in [6.45, 7) is 0. The van der Waals surface area contributed by atoms with Crippen molar-refractivity contribution < 1.29 is 9.59 Å². The zero-order valence-corrected chi connectivity index (χ0v) is 7.56. The predicted octanol–water partition coefficient (Wildman–Crippen LogP) is 1.90. The van der Waals surface area contributed by atoms with Gasteiger partial charge in [-0.05, 0) is 36.8 Å². The first-order valence-corrected chi connectivity index (χ1v) is 4.76. The Labute approximate surface area is 76.3 Å². The quantitative estimate of drug-likeness (QED) is 0.463. The largest absolute Gasteiger partial charge is 0.299 e. The van der Waals surface area contributed by atoms with Gasteiger partial charge in [0.15, 0.2) is 0 Å². The average Bonchev–Trinajstić information content (AvgIpc) is 2.24. The monoisotopic (exact) mass is 186 g/mol. The number of carbonyl (C=O) groups excluding carboxylic acids is 2. The van der Waals surface area contributed by atoms with Gasteiger partial charge in [-0.15, -0.1) is 0 Å². The van der Waals surface area contributed by atoms with E-state index in [1.165, 1.54) is 0 Å². The van der Waals surface area contributed by atoms with E-state index >= 15 is 0 Å². The number of halogens is 1. The van der Waals surface area contributed by atoms with Gasteiger partial charge in [0.05, 0.1) is 0 Å². The van der Waals surface area contributed by atoms with E-state index in [9.17, 15) is 9.59 Å². The number of ketones is 1. The molecule has 2 unspecified atom stereocenters. The smallest absolute Gasteiger partial charge is 0.235 e. The van der Waals surface area contributed by atoms with Crippen LogP contribution in [0.25, 0.3) is 0 Å². The minimum atomic E-state index is -0.759. The number of hydrogen-bond acceptors (Lipinski definition) is 2. The Morgan fingerprint density at radius 3 is 2.92 bits per heavy atom. The van der Waals surface area contributed by atoms with Gasteiger partial charge in [-0.3, -0.25) is 9.59 Å². The molecule has 2 aliphatic rings. The van der Waals surface area contributed by atoms with Gasteiger partial charge in [-0.2, -0.15) is 0 Å². The summed E-state index contributed by atoms with van der Waals surface area (Å²) in [5, 5.41) is -0.422. The lowest BCUT2D eigenvalue weighted by Crippen LogP contribution is -2.33. The molecule has 2 nitrogen and oxygen atoms in total. The van der Waals surface area contributed by atoms with Gasteiger partial charge in [-0.25, -0.2) is 0 Å². The Morgan fingerprint density at radius 1 is 1.58 bits per heavy atom. The fourth-order valence-electron chi connectivity index (χ4n) is 2.56. The first-order valence-electron chi connectivity index (χ1n) is 4.38. The fraction of sp³-hybridized carbons (Fsp3) is 0.778. The number of rotatable bonds is 1. The highest BCUT2D eigenvalue weighted by atomic mass is 35.5. The van der Waals surface area contributed by atoms with Gasteiger partial charge < -0.3 is 0 Å². The first-order chi connectivity index (χ1) is 5.65. The van der Waals surface area contributed by atoms with Gasteiger partial charge in [0, 0.05) is 6.42 Å². The van der Waals surface area contributed by atoms with Crippen molar-refractivity contribution >= 4 is 22.6 Å². The minimum Gasteiger partial charge on any atom is -0.299 e. The van der Waals surface area contributed by atoms with Crippen LogP contribution in [0.2, 0.25) is 0 Å². The minimum absolute atomic E-state index is 0.0880. The van der Waals surface area contributed by atoms with Crippen molar-refractivity contribution in [1.82, 2.24) is 0 Å². The molecular formula is C9H11ClO2. The topological polar surface area (TPSA) is 34.1 Å². The summed E-state index contributed by atoms with van der Waals surface area (Å²) < 4.78 is 0. The predicted molar refractivity (Wildman–Crippen MR) is 44.9 cm³/mol. The maximum Gasteiger partial charge on any atom is 0.235 e. The van der Waals surface area contributed by atoms with Crippen LogP contribution in [0, 0.1) is 11.3 Å². The third-order valence-electron chi connectivity index (χ3n) is 3.24. The molecule has 0 aromatic carbocycles. The molecule has 0 aromatic rings. The SMILES string of the molecule is O=C(Cl)C12CCCC(CC1=O)C2. The molecule has 12 heavy (non-hydrogen) atoms. The van der Waals surface area contributed by atoms with Gasteiger partial charge in [0.1, 0.15) is 11.2 Å². The van der Waals surface area contributed by atoms with Crippen LogP contribution in [-0.2, 0) is 9.59 Å². The van der Waals surface area contributed by atoms with Crippen molar-refractivity contribution in [3.05, 3.63) is 0 Å². The lowest BCUT2D eigenvalue weighted by atomic mass is 9.76. The van der Waals surface area contributed by atoms with Gasteiger partial charge in [-0.1, -0.05) is 6.42 Å². The van der Waals surface area contributed by atoms with Crippen molar-refractivity contribution in [1.29, 1.82) is 0 Å². The van der Waals surface area contributed by atoms with Crippen molar-refractivity contribution in [2.75, 3.05) is 0 Å². The molecule has 2 rings (SSSR count). The molecule has 0 heterocycles. The Kier molecular flexibility index (Phi) is 1.76. The molecule has 0 saturated heterocycles.